The molecule has 0 saturated heterocycles. The van der Waals surface area contributed by atoms with Gasteiger partial charge < -0.3 is 16.0 Å². The summed E-state index contributed by atoms with van der Waals surface area (Å²) in [4.78, 5) is 21.2. The molecule has 0 saturated carbocycles. The molecule has 7 nitrogen and oxygen atoms in total. The highest BCUT2D eigenvalue weighted by molar-refractivity contribution is 5.99. The molecule has 2 heterocycles. The lowest BCUT2D eigenvalue weighted by atomic mass is 9.97. The van der Waals surface area contributed by atoms with E-state index in [1.807, 2.05) is 13.8 Å². The lowest BCUT2D eigenvalue weighted by Gasteiger charge is -2.32. The van der Waals surface area contributed by atoms with Gasteiger partial charge in [-0.2, -0.15) is 5.26 Å². The van der Waals surface area contributed by atoms with Gasteiger partial charge in [0.25, 0.3) is 0 Å². The molecule has 0 bridgehead atoms. The zero-order chi connectivity index (χ0) is 16.3. The summed E-state index contributed by atoms with van der Waals surface area (Å²) in [5.74, 6) is -1.03. The van der Waals surface area contributed by atoms with Crippen LogP contribution in [0.25, 0.3) is 0 Å². The fourth-order valence-corrected chi connectivity index (χ4v) is 2.47. The Labute approximate surface area is 127 Å². The van der Waals surface area contributed by atoms with Gasteiger partial charge in [0.15, 0.2) is 0 Å². The van der Waals surface area contributed by atoms with Gasteiger partial charge in [-0.1, -0.05) is 20.3 Å². The number of nitrogens with two attached hydrogens (primary N) is 1. The Kier molecular flexibility index (Phi) is 4.56. The van der Waals surface area contributed by atoms with Crippen LogP contribution >= 0.6 is 0 Å². The summed E-state index contributed by atoms with van der Waals surface area (Å²) in [5.41, 5.74) is 6.40. The normalized spacial score (nSPS) is 19.7. The third-order valence-electron chi connectivity index (χ3n) is 3.84. The number of anilines is 1. The molecule has 8 heteroatoms. The molecule has 2 rings (SSSR count). The fourth-order valence-electron chi connectivity index (χ4n) is 2.47. The van der Waals surface area contributed by atoms with Crippen LogP contribution in [0, 0.1) is 23.2 Å². The second kappa shape index (κ2) is 6.39. The zero-order valence-corrected chi connectivity index (χ0v) is 12.4. The van der Waals surface area contributed by atoms with Crippen molar-refractivity contribution in [2.45, 2.75) is 32.9 Å². The number of hydrogen-bond acceptors (Lipinski definition) is 4. The molecule has 1 aromatic rings. The Morgan fingerprint density at radius 2 is 2.45 bits per heavy atom. The van der Waals surface area contributed by atoms with E-state index in [1.54, 1.807) is 6.19 Å². The minimum Gasteiger partial charge on any atom is -0.369 e. The first-order chi connectivity index (χ1) is 10.5. The third kappa shape index (κ3) is 2.83. The Morgan fingerprint density at radius 3 is 3.09 bits per heavy atom. The van der Waals surface area contributed by atoms with E-state index in [0.717, 1.165) is 6.20 Å². The van der Waals surface area contributed by atoms with Gasteiger partial charge in [-0.3, -0.25) is 9.78 Å². The minimum atomic E-state index is -0.645. The van der Waals surface area contributed by atoms with Crippen LogP contribution in [0.4, 0.5) is 10.1 Å². The fraction of sp³-hybridized carbons (Fsp3) is 0.429. The van der Waals surface area contributed by atoms with Gasteiger partial charge in [0, 0.05) is 5.56 Å². The van der Waals surface area contributed by atoms with E-state index in [2.05, 4.69) is 15.3 Å². The van der Waals surface area contributed by atoms with Crippen molar-refractivity contribution in [3.05, 3.63) is 23.8 Å². The first-order valence-corrected chi connectivity index (χ1v) is 6.91. The molecule has 116 valence electrons. The van der Waals surface area contributed by atoms with Crippen LogP contribution in [0.2, 0.25) is 0 Å². The smallest absolute Gasteiger partial charge is 0.247 e. The molecule has 1 aliphatic heterocycles. The van der Waals surface area contributed by atoms with E-state index in [1.165, 1.54) is 11.1 Å². The molecule has 3 N–H and O–H groups in total. The average Bonchev–Trinajstić information content (AvgIpc) is 2.63. The Balaban J connectivity index is 2.54. The number of fused-ring (bicyclic) bond motifs is 1. The number of amides is 1. The van der Waals surface area contributed by atoms with Crippen molar-refractivity contribution in [3.8, 4) is 6.19 Å². The number of carbonyl (C=O) groups excluding carboxylic acids is 1. The molecule has 1 aromatic heterocycles. The maximum absolute atomic E-state index is 14.0. The number of nitriles is 1. The van der Waals surface area contributed by atoms with Crippen LogP contribution in [0.3, 0.4) is 0 Å². The Hall–Kier alpha value is -2.69. The van der Waals surface area contributed by atoms with Crippen LogP contribution in [-0.2, 0) is 11.3 Å². The van der Waals surface area contributed by atoms with Gasteiger partial charge in [-0.05, 0) is 5.92 Å². The quantitative estimate of drug-likeness (QED) is 0.485. The number of pyridine rings is 1. The van der Waals surface area contributed by atoms with Gasteiger partial charge in [-0.25, -0.2) is 4.39 Å². The zero-order valence-electron chi connectivity index (χ0n) is 12.4. The molecule has 0 radical (unpaired) electrons. The van der Waals surface area contributed by atoms with Gasteiger partial charge in [0.05, 0.1) is 24.6 Å². The Bertz CT molecular complexity index is 653. The van der Waals surface area contributed by atoms with Gasteiger partial charge >= 0.3 is 0 Å². The van der Waals surface area contributed by atoms with E-state index in [4.69, 9.17) is 11.0 Å². The number of hydrogen-bond donors (Lipinski definition) is 2. The molecule has 1 aliphatic rings. The highest BCUT2D eigenvalue weighted by atomic mass is 19.1. The molecule has 0 unspecified atom stereocenters. The summed E-state index contributed by atoms with van der Waals surface area (Å²) in [6.07, 6.45) is 4.78. The second-order valence-corrected chi connectivity index (χ2v) is 5.16. The topological polar surface area (TPSA) is 107 Å². The summed E-state index contributed by atoms with van der Waals surface area (Å²) >= 11 is 0. The van der Waals surface area contributed by atoms with E-state index in [9.17, 15) is 9.18 Å². The molecule has 2 atom stereocenters. The molecule has 0 aromatic carbocycles. The van der Waals surface area contributed by atoms with Crippen LogP contribution < -0.4 is 11.1 Å². The lowest BCUT2D eigenvalue weighted by molar-refractivity contribution is -0.121. The van der Waals surface area contributed by atoms with Gasteiger partial charge in [-0.15, -0.1) is 4.99 Å². The van der Waals surface area contributed by atoms with Crippen LogP contribution in [-0.4, -0.2) is 27.8 Å². The van der Waals surface area contributed by atoms with E-state index >= 15 is 0 Å². The van der Waals surface area contributed by atoms with Crippen molar-refractivity contribution < 1.29 is 9.18 Å². The van der Waals surface area contributed by atoms with Crippen molar-refractivity contribution in [3.63, 3.8) is 0 Å². The number of nitrogens with zero attached hydrogens (tertiary/aromatic N) is 4. The first-order valence-electron chi connectivity index (χ1n) is 6.91. The molecular weight excluding hydrogens is 287 g/mol. The maximum atomic E-state index is 14.0. The molecule has 22 heavy (non-hydrogen) atoms. The van der Waals surface area contributed by atoms with Gasteiger partial charge in [0.1, 0.15) is 11.9 Å². The van der Waals surface area contributed by atoms with Crippen molar-refractivity contribution >= 4 is 17.6 Å². The summed E-state index contributed by atoms with van der Waals surface area (Å²) < 4.78 is 14.0. The lowest BCUT2D eigenvalue weighted by Crippen LogP contribution is -2.51. The predicted molar refractivity (Wildman–Crippen MR) is 78.8 cm³/mol. The third-order valence-corrected chi connectivity index (χ3v) is 3.84. The van der Waals surface area contributed by atoms with Crippen molar-refractivity contribution in [1.82, 2.24) is 9.88 Å². The number of halogens is 1. The summed E-state index contributed by atoms with van der Waals surface area (Å²) in [5, 5.41) is 11.4. The number of aliphatic imine (C=N–C) groups is 1. The largest absolute Gasteiger partial charge is 0.369 e. The van der Waals surface area contributed by atoms with E-state index in [-0.39, 0.29) is 29.9 Å². The second-order valence-electron chi connectivity index (χ2n) is 5.16. The molecule has 0 fully saturated rings. The maximum Gasteiger partial charge on any atom is 0.247 e. The number of carbonyl (C=O) groups is 1. The van der Waals surface area contributed by atoms with Crippen molar-refractivity contribution in [1.29, 1.82) is 5.26 Å². The van der Waals surface area contributed by atoms with Crippen LogP contribution in [0.5, 0.6) is 0 Å². The number of rotatable bonds is 2. The number of guanidine groups is 1. The number of aromatic nitrogens is 1. The standard InChI is InChI=1S/C14H17FN6O/c1-3-8(2)12-13(22)20-11-5-18-4-10(15)9(11)6-21(12)14(17)19-7-16/h4-5,8,12H,3,6H2,1-2H3,(H2,17,19)(H,20,22)/t8-,12-/m0/s1. The predicted octanol–water partition coefficient (Wildman–Crippen LogP) is 1.19. The van der Waals surface area contributed by atoms with Crippen LogP contribution in [0.1, 0.15) is 25.8 Å². The first kappa shape index (κ1) is 15.7. The highest BCUT2D eigenvalue weighted by Crippen LogP contribution is 2.28. The highest BCUT2D eigenvalue weighted by Gasteiger charge is 2.36. The Morgan fingerprint density at radius 1 is 1.73 bits per heavy atom. The summed E-state index contributed by atoms with van der Waals surface area (Å²) in [7, 11) is 0. The summed E-state index contributed by atoms with van der Waals surface area (Å²) in [6, 6.07) is -0.645. The molecule has 0 aliphatic carbocycles. The monoisotopic (exact) mass is 304 g/mol. The minimum absolute atomic E-state index is 0.0362. The van der Waals surface area contributed by atoms with Crippen molar-refractivity contribution in [2.75, 3.05) is 5.32 Å². The van der Waals surface area contributed by atoms with Crippen LogP contribution in [0.15, 0.2) is 17.4 Å². The SMILES string of the molecule is CC[C@H](C)[C@H]1C(=O)Nc2cncc(F)c2CN1/C(N)=N/C#N. The van der Waals surface area contributed by atoms with E-state index in [0.29, 0.717) is 12.1 Å². The molecule has 1 amide bonds. The molecular formula is C14H17FN6O. The van der Waals surface area contributed by atoms with Crippen molar-refractivity contribution in [2.24, 2.45) is 16.6 Å². The van der Waals surface area contributed by atoms with Gasteiger partial charge in [0.2, 0.25) is 18.1 Å². The van der Waals surface area contributed by atoms with E-state index < -0.39 is 11.9 Å². The molecule has 0 spiro atoms. The average molecular weight is 304 g/mol. The summed E-state index contributed by atoms with van der Waals surface area (Å²) in [6.45, 7) is 3.86. The number of nitrogens with one attached hydrogen (secondary N) is 1.